The summed E-state index contributed by atoms with van der Waals surface area (Å²) in [4.78, 5) is 1.05. The largest absolute Gasteiger partial charge is 0.138 e. The van der Waals surface area contributed by atoms with Gasteiger partial charge in [-0.25, -0.2) is 0 Å². The van der Waals surface area contributed by atoms with Gasteiger partial charge in [0, 0.05) is 0 Å². The first-order valence-electron chi connectivity index (χ1n) is 3.78. The maximum atomic E-state index is 5.38. The number of unbranched alkanes of at least 4 members (excludes halogenated alkanes) is 1. The molecule has 0 amide bonds. The van der Waals surface area contributed by atoms with E-state index in [1.165, 1.54) is 19.0 Å². The second-order valence-corrected chi connectivity index (χ2v) is 4.55. The van der Waals surface area contributed by atoms with Crippen LogP contribution in [0.5, 0.6) is 0 Å². The van der Waals surface area contributed by atoms with Crippen molar-refractivity contribution in [2.45, 2.75) is 31.6 Å². The van der Waals surface area contributed by atoms with Crippen molar-refractivity contribution >= 4 is 18.8 Å². The molecule has 11 heavy (non-hydrogen) atoms. The maximum absolute atomic E-state index is 5.38. The zero-order chi connectivity index (χ0) is 8.95. The molecule has 1 unspecified atom stereocenters. The number of halogens is 1. The summed E-state index contributed by atoms with van der Waals surface area (Å²) in [7, 11) is 8.08. The normalized spacial score (nSPS) is 9.82. The van der Waals surface area contributed by atoms with Gasteiger partial charge in [-0.1, -0.05) is 19.8 Å². The van der Waals surface area contributed by atoms with Crippen molar-refractivity contribution in [1.29, 1.82) is 0 Å². The van der Waals surface area contributed by atoms with Gasteiger partial charge in [0.25, 0.3) is 0 Å². The van der Waals surface area contributed by atoms with E-state index in [0.29, 0.717) is 17.0 Å². The van der Waals surface area contributed by atoms with E-state index < -0.39 is 0 Å². The van der Waals surface area contributed by atoms with Crippen LogP contribution in [-0.2, 0) is 17.0 Å². The summed E-state index contributed by atoms with van der Waals surface area (Å²) in [5, 5.41) is 0. The van der Waals surface area contributed by atoms with Gasteiger partial charge in [0.1, 0.15) is 0 Å². The molecule has 3 heteroatoms. The minimum Gasteiger partial charge on any atom is -0.138 e. The summed E-state index contributed by atoms with van der Waals surface area (Å²) >= 11 is 0.398. The van der Waals surface area contributed by atoms with Crippen LogP contribution in [0.3, 0.4) is 0 Å². The smallest absolute Gasteiger partial charge is 0.0381 e. The summed E-state index contributed by atoms with van der Waals surface area (Å²) < 4.78 is 0. The van der Waals surface area contributed by atoms with Crippen LogP contribution in [0.1, 0.15) is 26.7 Å². The molecule has 0 aliphatic rings. The molecule has 0 bridgehead atoms. The average Bonchev–Trinajstić information content (AvgIpc) is 2.04. The van der Waals surface area contributed by atoms with Crippen molar-refractivity contribution in [3.63, 3.8) is 0 Å². The van der Waals surface area contributed by atoms with Crippen molar-refractivity contribution in [3.05, 3.63) is 12.2 Å². The predicted molar refractivity (Wildman–Crippen MR) is 55.0 cm³/mol. The van der Waals surface area contributed by atoms with Gasteiger partial charge >= 0.3 is 50.5 Å². The van der Waals surface area contributed by atoms with Crippen LogP contribution in [0.4, 0.5) is 0 Å². The Kier molecular flexibility index (Phi) is 23.0. The second-order valence-electron chi connectivity index (χ2n) is 1.92. The third-order valence-corrected chi connectivity index (χ3v) is 2.51. The minimum atomic E-state index is 0.398. The van der Waals surface area contributed by atoms with Crippen molar-refractivity contribution in [3.8, 4) is 0 Å². The first kappa shape index (κ1) is 14.6. The van der Waals surface area contributed by atoms with Gasteiger partial charge in [0.2, 0.25) is 0 Å². The monoisotopic (exact) mass is 286 g/mol. The zero-order valence-electron chi connectivity index (χ0n) is 7.25. The van der Waals surface area contributed by atoms with E-state index in [-0.39, 0.29) is 0 Å². The van der Waals surface area contributed by atoms with E-state index in [0.717, 1.165) is 4.89 Å². The third-order valence-electron chi connectivity index (χ3n) is 0.917. The fourth-order valence-corrected chi connectivity index (χ4v) is 1.55. The van der Waals surface area contributed by atoms with Crippen LogP contribution < -0.4 is 0 Å². The van der Waals surface area contributed by atoms with Gasteiger partial charge in [-0.15, -0.1) is 9.24 Å². The fourth-order valence-electron chi connectivity index (χ4n) is 0.307. The van der Waals surface area contributed by atoms with Crippen molar-refractivity contribution in [1.82, 2.24) is 0 Å². The van der Waals surface area contributed by atoms with E-state index >= 15 is 0 Å². The van der Waals surface area contributed by atoms with Crippen LogP contribution in [0.25, 0.3) is 0 Å². The molecule has 0 aliphatic heterocycles. The van der Waals surface area contributed by atoms with Gasteiger partial charge < -0.3 is 0 Å². The minimum absolute atomic E-state index is 0.398. The van der Waals surface area contributed by atoms with E-state index in [1.54, 1.807) is 0 Å². The first-order valence-corrected chi connectivity index (χ1v) is 7.69. The Hall–Kier alpha value is 1.12. The molecular weight excluding hydrogens is 269 g/mol. The van der Waals surface area contributed by atoms with E-state index in [9.17, 15) is 0 Å². The standard InChI is InChI=1S/C4H11P.C4H7.ClH.Pd/c1-2-3-4-5;1-3-4-2;;/h2-5H2,1H3;3-4H,1H2,2H3;1H;/q;;;+1/p-1. The van der Waals surface area contributed by atoms with Gasteiger partial charge in [-0.3, -0.25) is 0 Å². The molecule has 0 fully saturated rings. The molecule has 0 aromatic carbocycles. The summed E-state index contributed by atoms with van der Waals surface area (Å²) in [6.07, 6.45) is 8.02. The summed E-state index contributed by atoms with van der Waals surface area (Å²) in [5.41, 5.74) is 0. The molecule has 0 saturated heterocycles. The van der Waals surface area contributed by atoms with Crippen LogP contribution in [0, 0.1) is 0 Å². The van der Waals surface area contributed by atoms with Gasteiger partial charge in [-0.05, 0) is 6.16 Å². The molecular formula is C8H18ClPPd. The van der Waals surface area contributed by atoms with Crippen molar-refractivity contribution in [2.24, 2.45) is 0 Å². The summed E-state index contributed by atoms with van der Waals surface area (Å²) in [6, 6.07) is 0. The molecule has 0 aromatic heterocycles. The number of rotatable bonds is 4. The number of allylic oxidation sites excluding steroid dienone is 2. The van der Waals surface area contributed by atoms with Crippen LogP contribution in [-0.4, -0.2) is 6.16 Å². The van der Waals surface area contributed by atoms with E-state index in [1.807, 2.05) is 13.0 Å². The Morgan fingerprint density at radius 2 is 2.18 bits per heavy atom. The van der Waals surface area contributed by atoms with E-state index in [2.05, 4.69) is 22.2 Å². The molecule has 0 rings (SSSR count). The maximum Gasteiger partial charge on any atom is -0.0381 e. The average molecular weight is 287 g/mol. The summed E-state index contributed by atoms with van der Waals surface area (Å²) in [5.74, 6) is 0. The van der Waals surface area contributed by atoms with Crippen molar-refractivity contribution < 1.29 is 17.0 Å². The van der Waals surface area contributed by atoms with Crippen LogP contribution in [0.2, 0.25) is 4.89 Å². The molecule has 0 spiro atoms. The second kappa shape index (κ2) is 17.3. The fraction of sp³-hybridized carbons (Fsp3) is 0.750. The Bertz CT molecular complexity index is 74.5. The Balaban J connectivity index is 0. The topological polar surface area (TPSA) is 0 Å². The number of hydrogen-bond donors (Lipinski definition) is 0. The molecule has 0 nitrogen and oxygen atoms in total. The Labute approximate surface area is 85.5 Å². The molecule has 0 saturated carbocycles. The number of hydrogen-bond acceptors (Lipinski definition) is 0. The van der Waals surface area contributed by atoms with E-state index in [4.69, 9.17) is 9.53 Å². The molecule has 0 heterocycles. The van der Waals surface area contributed by atoms with Gasteiger partial charge in [0.05, 0.1) is 0 Å². The zero-order valence-corrected chi connectivity index (χ0v) is 10.7. The SMILES string of the molecule is CC=C[CH2][Pd][Cl].CCCCP. The van der Waals surface area contributed by atoms with Crippen molar-refractivity contribution in [2.75, 3.05) is 6.16 Å². The molecule has 0 aromatic rings. The Morgan fingerprint density at radius 1 is 1.55 bits per heavy atom. The molecule has 72 valence electrons. The van der Waals surface area contributed by atoms with Crippen LogP contribution >= 0.6 is 18.8 Å². The quantitative estimate of drug-likeness (QED) is 0.418. The predicted octanol–water partition coefficient (Wildman–Crippen LogP) is 3.88. The van der Waals surface area contributed by atoms with Crippen LogP contribution in [0.15, 0.2) is 12.2 Å². The first-order chi connectivity index (χ1) is 5.33. The Morgan fingerprint density at radius 3 is 2.27 bits per heavy atom. The molecule has 1 atom stereocenters. The molecule has 0 radical (unpaired) electrons. The van der Waals surface area contributed by atoms with Gasteiger partial charge in [0.15, 0.2) is 0 Å². The van der Waals surface area contributed by atoms with Gasteiger partial charge in [-0.2, -0.15) is 0 Å². The summed E-state index contributed by atoms with van der Waals surface area (Å²) in [6.45, 7) is 4.20. The third kappa shape index (κ3) is 24.7. The molecule has 0 N–H and O–H groups in total. The molecule has 0 aliphatic carbocycles.